The van der Waals surface area contributed by atoms with Crippen LogP contribution in [0.4, 0.5) is 0 Å². The summed E-state index contributed by atoms with van der Waals surface area (Å²) in [6, 6.07) is 1.47. The molecule has 2 atom stereocenters. The van der Waals surface area contributed by atoms with Crippen LogP contribution in [0.15, 0.2) is 12.3 Å². The van der Waals surface area contributed by atoms with Crippen LogP contribution in [0.1, 0.15) is 11.8 Å². The van der Waals surface area contributed by atoms with E-state index in [2.05, 4.69) is 10.3 Å². The van der Waals surface area contributed by atoms with Crippen LogP contribution in [0.2, 0.25) is 10.0 Å². The fourth-order valence-electron chi connectivity index (χ4n) is 1.15. The number of nitrogens with one attached hydrogen (secondary N) is 1. The van der Waals surface area contributed by atoms with Crippen LogP contribution in [0.25, 0.3) is 0 Å². The van der Waals surface area contributed by atoms with Gasteiger partial charge in [-0.15, -0.1) is 0 Å². The normalized spacial score (nSPS) is 15.0. The van der Waals surface area contributed by atoms with Gasteiger partial charge in [-0.05, 0) is 13.1 Å². The molecule has 0 aliphatic rings. The van der Waals surface area contributed by atoms with Gasteiger partial charge in [0.25, 0.3) is 0 Å². The number of aromatic nitrogens is 1. The molecule has 15 heavy (non-hydrogen) atoms. The predicted molar refractivity (Wildman–Crippen MR) is 59.2 cm³/mol. The van der Waals surface area contributed by atoms with Crippen molar-refractivity contribution in [3.05, 3.63) is 28.0 Å². The zero-order valence-electron chi connectivity index (χ0n) is 8.11. The summed E-state index contributed by atoms with van der Waals surface area (Å²) in [5.41, 5.74) is 0.226. The van der Waals surface area contributed by atoms with E-state index in [1.54, 1.807) is 7.05 Å². The van der Waals surface area contributed by atoms with Gasteiger partial charge in [0, 0.05) is 12.7 Å². The number of rotatable bonds is 4. The molecule has 0 amide bonds. The van der Waals surface area contributed by atoms with E-state index >= 15 is 0 Å². The quantitative estimate of drug-likeness (QED) is 0.747. The SMILES string of the molecule is CNCC(O)C(O)c1ncc(Cl)cc1Cl. The molecular weight excluding hydrogens is 239 g/mol. The second kappa shape index (κ2) is 5.63. The van der Waals surface area contributed by atoms with Gasteiger partial charge in [-0.1, -0.05) is 23.2 Å². The topological polar surface area (TPSA) is 65.4 Å². The summed E-state index contributed by atoms with van der Waals surface area (Å²) in [5, 5.41) is 22.6. The van der Waals surface area contributed by atoms with Gasteiger partial charge < -0.3 is 15.5 Å². The van der Waals surface area contributed by atoms with Gasteiger partial charge in [-0.25, -0.2) is 0 Å². The van der Waals surface area contributed by atoms with Gasteiger partial charge in [0.2, 0.25) is 0 Å². The van der Waals surface area contributed by atoms with Gasteiger partial charge in [-0.2, -0.15) is 0 Å². The third kappa shape index (κ3) is 3.29. The van der Waals surface area contributed by atoms with Gasteiger partial charge in [-0.3, -0.25) is 4.98 Å². The summed E-state index contributed by atoms with van der Waals surface area (Å²) in [4.78, 5) is 3.88. The second-order valence-corrected chi connectivity index (χ2v) is 3.93. The van der Waals surface area contributed by atoms with Crippen molar-refractivity contribution in [3.63, 3.8) is 0 Å². The summed E-state index contributed by atoms with van der Waals surface area (Å²) < 4.78 is 0. The summed E-state index contributed by atoms with van der Waals surface area (Å²) in [5.74, 6) is 0. The van der Waals surface area contributed by atoms with Crippen LogP contribution in [0.5, 0.6) is 0 Å². The van der Waals surface area contributed by atoms with Crippen molar-refractivity contribution in [3.8, 4) is 0 Å². The Morgan fingerprint density at radius 2 is 2.13 bits per heavy atom. The smallest absolute Gasteiger partial charge is 0.124 e. The number of aliphatic hydroxyl groups excluding tert-OH is 2. The monoisotopic (exact) mass is 250 g/mol. The molecule has 1 heterocycles. The van der Waals surface area contributed by atoms with Crippen LogP contribution >= 0.6 is 23.2 Å². The zero-order valence-corrected chi connectivity index (χ0v) is 9.63. The molecule has 1 aromatic rings. The third-order valence-corrected chi connectivity index (χ3v) is 2.40. The molecule has 84 valence electrons. The molecule has 1 rings (SSSR count). The lowest BCUT2D eigenvalue weighted by Crippen LogP contribution is -2.30. The summed E-state index contributed by atoms with van der Waals surface area (Å²) in [6.07, 6.45) is -0.707. The molecule has 0 radical (unpaired) electrons. The van der Waals surface area contributed by atoms with Crippen molar-refractivity contribution >= 4 is 23.2 Å². The Balaban J connectivity index is 2.86. The van der Waals surface area contributed by atoms with Crippen molar-refractivity contribution in [1.82, 2.24) is 10.3 Å². The van der Waals surface area contributed by atoms with E-state index in [1.165, 1.54) is 12.3 Å². The molecule has 0 aliphatic heterocycles. The minimum atomic E-state index is -1.12. The average Bonchev–Trinajstić information content (AvgIpc) is 2.17. The molecule has 0 aliphatic carbocycles. The molecule has 2 unspecified atom stereocenters. The van der Waals surface area contributed by atoms with Gasteiger partial charge in [0.05, 0.1) is 21.8 Å². The van der Waals surface area contributed by atoms with Crippen LogP contribution in [-0.2, 0) is 0 Å². The molecule has 4 nitrogen and oxygen atoms in total. The number of likely N-dealkylation sites (N-methyl/N-ethyl adjacent to an activating group) is 1. The summed E-state index contributed by atoms with van der Waals surface area (Å²) in [7, 11) is 1.67. The first-order valence-electron chi connectivity index (χ1n) is 4.38. The highest BCUT2D eigenvalue weighted by atomic mass is 35.5. The number of aliphatic hydroxyl groups is 2. The first-order valence-corrected chi connectivity index (χ1v) is 5.13. The molecule has 0 bridgehead atoms. The van der Waals surface area contributed by atoms with Crippen LogP contribution in [-0.4, -0.2) is 34.9 Å². The Kier molecular flexibility index (Phi) is 4.76. The molecular formula is C9H12Cl2N2O2. The van der Waals surface area contributed by atoms with E-state index in [0.717, 1.165) is 0 Å². The fraction of sp³-hybridized carbons (Fsp3) is 0.444. The predicted octanol–water partition coefficient (Wildman–Crippen LogP) is 1.00. The van der Waals surface area contributed by atoms with Crippen LogP contribution < -0.4 is 5.32 Å². The number of halogens is 2. The number of pyridine rings is 1. The molecule has 0 fully saturated rings. The van der Waals surface area contributed by atoms with Crippen molar-refractivity contribution in [2.75, 3.05) is 13.6 Å². The van der Waals surface area contributed by atoms with E-state index in [9.17, 15) is 10.2 Å². The number of hydrogen-bond donors (Lipinski definition) is 3. The summed E-state index contributed by atoms with van der Waals surface area (Å²) >= 11 is 11.5. The maximum atomic E-state index is 9.71. The standard InChI is InChI=1S/C9H12Cl2N2O2/c1-12-4-7(14)9(15)8-6(11)2-5(10)3-13-8/h2-3,7,9,12,14-15H,4H2,1H3. The Bertz CT molecular complexity index is 336. The Hall–Kier alpha value is -0.390. The molecule has 0 saturated carbocycles. The number of nitrogens with zero attached hydrogens (tertiary/aromatic N) is 1. The molecule has 0 spiro atoms. The first-order chi connectivity index (χ1) is 7.06. The van der Waals surface area contributed by atoms with Crippen LogP contribution in [0, 0.1) is 0 Å². The molecule has 0 saturated heterocycles. The molecule has 0 aromatic carbocycles. The maximum absolute atomic E-state index is 9.71. The maximum Gasteiger partial charge on any atom is 0.124 e. The lowest BCUT2D eigenvalue weighted by atomic mass is 10.1. The van der Waals surface area contributed by atoms with Gasteiger partial charge in [0.1, 0.15) is 6.10 Å². The van der Waals surface area contributed by atoms with E-state index in [4.69, 9.17) is 23.2 Å². The van der Waals surface area contributed by atoms with Gasteiger partial charge in [0.15, 0.2) is 0 Å². The fourth-order valence-corrected chi connectivity index (χ4v) is 1.64. The van der Waals surface area contributed by atoms with E-state index < -0.39 is 12.2 Å². The largest absolute Gasteiger partial charge is 0.389 e. The highest BCUT2D eigenvalue weighted by molar-refractivity contribution is 6.34. The van der Waals surface area contributed by atoms with Crippen molar-refractivity contribution in [2.45, 2.75) is 12.2 Å². The Morgan fingerprint density at radius 1 is 1.47 bits per heavy atom. The minimum absolute atomic E-state index is 0.226. The van der Waals surface area contributed by atoms with Crippen molar-refractivity contribution in [2.24, 2.45) is 0 Å². The molecule has 6 heteroatoms. The minimum Gasteiger partial charge on any atom is -0.389 e. The van der Waals surface area contributed by atoms with Crippen molar-refractivity contribution < 1.29 is 10.2 Å². The van der Waals surface area contributed by atoms with Crippen LogP contribution in [0.3, 0.4) is 0 Å². The lowest BCUT2D eigenvalue weighted by Gasteiger charge is -2.17. The highest BCUT2D eigenvalue weighted by Crippen LogP contribution is 2.25. The first kappa shape index (κ1) is 12.7. The van der Waals surface area contributed by atoms with Crippen molar-refractivity contribution in [1.29, 1.82) is 0 Å². The molecule has 3 N–H and O–H groups in total. The van der Waals surface area contributed by atoms with E-state index in [-0.39, 0.29) is 17.3 Å². The lowest BCUT2D eigenvalue weighted by molar-refractivity contribution is 0.0177. The summed E-state index contributed by atoms with van der Waals surface area (Å²) in [6.45, 7) is 0.252. The Morgan fingerprint density at radius 3 is 2.67 bits per heavy atom. The Labute approximate surface area is 97.9 Å². The number of hydrogen-bond acceptors (Lipinski definition) is 4. The van der Waals surface area contributed by atoms with E-state index in [1.807, 2.05) is 0 Å². The van der Waals surface area contributed by atoms with E-state index in [0.29, 0.717) is 5.02 Å². The average molecular weight is 251 g/mol. The molecule has 1 aromatic heterocycles. The second-order valence-electron chi connectivity index (χ2n) is 3.09. The highest BCUT2D eigenvalue weighted by Gasteiger charge is 2.21. The van der Waals surface area contributed by atoms with Gasteiger partial charge >= 0.3 is 0 Å². The zero-order chi connectivity index (χ0) is 11.4. The third-order valence-electron chi connectivity index (χ3n) is 1.89.